The number of piperidine rings is 1. The molecule has 0 atom stereocenters. The second-order valence-corrected chi connectivity index (χ2v) is 7.72. The van der Waals surface area contributed by atoms with E-state index in [0.717, 1.165) is 55.3 Å². The number of nitrogens with zero attached hydrogens (tertiary/aromatic N) is 2. The van der Waals surface area contributed by atoms with Gasteiger partial charge in [-0.3, -0.25) is 4.99 Å². The van der Waals surface area contributed by atoms with E-state index in [4.69, 9.17) is 14.5 Å². The fourth-order valence-corrected chi connectivity index (χ4v) is 3.80. The predicted octanol–water partition coefficient (Wildman–Crippen LogP) is 3.28. The molecule has 6 nitrogen and oxygen atoms in total. The van der Waals surface area contributed by atoms with Gasteiger partial charge in [-0.1, -0.05) is 0 Å². The van der Waals surface area contributed by atoms with Gasteiger partial charge in [0.1, 0.15) is 11.6 Å². The molecule has 2 N–H and O–H groups in total. The Morgan fingerprint density at radius 3 is 2.76 bits per heavy atom. The van der Waals surface area contributed by atoms with Crippen molar-refractivity contribution in [3.05, 3.63) is 29.1 Å². The maximum Gasteiger partial charge on any atom is 0.191 e. The molecule has 0 aliphatic carbocycles. The van der Waals surface area contributed by atoms with Crippen LogP contribution in [-0.4, -0.2) is 55.9 Å². The summed E-state index contributed by atoms with van der Waals surface area (Å²) in [5.74, 6) is 1.33. The summed E-state index contributed by atoms with van der Waals surface area (Å²) >= 11 is 0. The summed E-state index contributed by atoms with van der Waals surface area (Å²) in [5, 5.41) is 6.89. The van der Waals surface area contributed by atoms with E-state index in [1.54, 1.807) is 6.07 Å². The molecule has 29 heavy (non-hydrogen) atoms. The van der Waals surface area contributed by atoms with Crippen molar-refractivity contribution in [3.63, 3.8) is 0 Å². The number of fused-ring (bicyclic) bond motifs is 1. The van der Waals surface area contributed by atoms with E-state index in [0.29, 0.717) is 31.7 Å². The largest absolute Gasteiger partial charge is 0.467 e. The van der Waals surface area contributed by atoms with E-state index in [-0.39, 0.29) is 36.6 Å². The SMILES string of the molecule is CCNC(=NCCc1cc(F)cc2c1OCOC2)NC1CCN(C(C)C)CC1.I. The maximum absolute atomic E-state index is 13.9. The van der Waals surface area contributed by atoms with Crippen molar-refractivity contribution < 1.29 is 13.9 Å². The first-order chi connectivity index (χ1) is 13.6. The van der Waals surface area contributed by atoms with E-state index >= 15 is 0 Å². The number of aliphatic imine (C=N–C) groups is 1. The molecular formula is C21H34FIN4O2. The molecule has 0 saturated carbocycles. The molecule has 164 valence electrons. The molecule has 2 heterocycles. The van der Waals surface area contributed by atoms with E-state index in [2.05, 4.69) is 36.3 Å². The van der Waals surface area contributed by atoms with Crippen LogP contribution in [-0.2, 0) is 17.8 Å². The molecule has 1 saturated heterocycles. The van der Waals surface area contributed by atoms with Crippen LogP contribution in [0.4, 0.5) is 4.39 Å². The lowest BCUT2D eigenvalue weighted by atomic mass is 10.0. The maximum atomic E-state index is 13.9. The van der Waals surface area contributed by atoms with Crippen LogP contribution in [0.5, 0.6) is 5.75 Å². The molecular weight excluding hydrogens is 486 g/mol. The number of likely N-dealkylation sites (tertiary alicyclic amines) is 1. The van der Waals surface area contributed by atoms with Crippen LogP contribution in [0.3, 0.4) is 0 Å². The van der Waals surface area contributed by atoms with E-state index in [1.165, 1.54) is 6.07 Å². The molecule has 1 fully saturated rings. The minimum atomic E-state index is -0.256. The highest BCUT2D eigenvalue weighted by atomic mass is 127. The van der Waals surface area contributed by atoms with Crippen LogP contribution in [0, 0.1) is 5.82 Å². The highest BCUT2D eigenvalue weighted by Gasteiger charge is 2.21. The van der Waals surface area contributed by atoms with Gasteiger partial charge in [-0.05, 0) is 57.7 Å². The first-order valence-corrected chi connectivity index (χ1v) is 10.4. The van der Waals surface area contributed by atoms with Gasteiger partial charge in [0.25, 0.3) is 0 Å². The fourth-order valence-electron chi connectivity index (χ4n) is 3.80. The summed E-state index contributed by atoms with van der Waals surface area (Å²) in [6.45, 7) is 10.8. The van der Waals surface area contributed by atoms with Crippen molar-refractivity contribution in [1.82, 2.24) is 15.5 Å². The lowest BCUT2D eigenvalue weighted by molar-refractivity contribution is -0.0172. The third-order valence-corrected chi connectivity index (χ3v) is 5.35. The van der Waals surface area contributed by atoms with Crippen LogP contribution in [0.1, 0.15) is 44.7 Å². The van der Waals surface area contributed by atoms with Crippen molar-refractivity contribution >= 4 is 29.9 Å². The van der Waals surface area contributed by atoms with Gasteiger partial charge in [-0.25, -0.2) is 4.39 Å². The lowest BCUT2D eigenvalue weighted by Crippen LogP contribution is -2.49. The average molecular weight is 520 g/mol. The molecule has 0 spiro atoms. The monoisotopic (exact) mass is 520 g/mol. The van der Waals surface area contributed by atoms with Gasteiger partial charge in [-0.2, -0.15) is 0 Å². The third-order valence-electron chi connectivity index (χ3n) is 5.35. The number of benzene rings is 1. The first-order valence-electron chi connectivity index (χ1n) is 10.4. The molecule has 0 bridgehead atoms. The average Bonchev–Trinajstić information content (AvgIpc) is 2.68. The van der Waals surface area contributed by atoms with Crippen LogP contribution in [0.2, 0.25) is 0 Å². The Balaban J connectivity index is 0.00000300. The Morgan fingerprint density at radius 2 is 2.07 bits per heavy atom. The standard InChI is InChI=1S/C21H33FN4O2.HI/c1-4-23-21(25-19-6-9-26(10-7-19)15(2)3)24-8-5-16-11-18(22)12-17-13-27-14-28-20(16)17;/h11-12,15,19H,4-10,13-14H2,1-3H3,(H2,23,24,25);1H. The number of nitrogens with one attached hydrogen (secondary N) is 2. The van der Waals surface area contributed by atoms with Crippen molar-refractivity contribution in [2.75, 3.05) is 33.0 Å². The zero-order valence-corrected chi connectivity index (χ0v) is 20.0. The molecule has 2 aliphatic rings. The number of hydrogen-bond acceptors (Lipinski definition) is 4. The van der Waals surface area contributed by atoms with Crippen LogP contribution in [0.15, 0.2) is 17.1 Å². The number of halogens is 2. The molecule has 0 unspecified atom stereocenters. The Labute approximate surface area is 190 Å². The van der Waals surface area contributed by atoms with Gasteiger partial charge in [0, 0.05) is 43.8 Å². The number of hydrogen-bond donors (Lipinski definition) is 2. The quantitative estimate of drug-likeness (QED) is 0.343. The van der Waals surface area contributed by atoms with Gasteiger partial charge >= 0.3 is 0 Å². The summed E-state index contributed by atoms with van der Waals surface area (Å²) in [4.78, 5) is 7.22. The van der Waals surface area contributed by atoms with E-state index < -0.39 is 0 Å². The number of rotatable bonds is 6. The number of ether oxygens (including phenoxy) is 2. The number of guanidine groups is 1. The highest BCUT2D eigenvalue weighted by molar-refractivity contribution is 14.0. The van der Waals surface area contributed by atoms with Crippen molar-refractivity contribution in [3.8, 4) is 5.75 Å². The van der Waals surface area contributed by atoms with Crippen molar-refractivity contribution in [1.29, 1.82) is 0 Å². The Bertz CT molecular complexity index is 679. The summed E-state index contributed by atoms with van der Waals surface area (Å²) in [7, 11) is 0. The Kier molecular flexibility index (Phi) is 9.91. The topological polar surface area (TPSA) is 58.1 Å². The lowest BCUT2D eigenvalue weighted by Gasteiger charge is -2.35. The van der Waals surface area contributed by atoms with Gasteiger partial charge in [0.05, 0.1) is 6.61 Å². The summed E-state index contributed by atoms with van der Waals surface area (Å²) in [6, 6.07) is 4.07. The van der Waals surface area contributed by atoms with E-state index in [1.807, 2.05) is 0 Å². The zero-order chi connectivity index (χ0) is 19.9. The molecule has 1 aromatic rings. The zero-order valence-electron chi connectivity index (χ0n) is 17.7. The Hall–Kier alpha value is -1.13. The van der Waals surface area contributed by atoms with Gasteiger partial charge in [0.15, 0.2) is 12.8 Å². The van der Waals surface area contributed by atoms with Crippen LogP contribution in [0.25, 0.3) is 0 Å². The predicted molar refractivity (Wildman–Crippen MR) is 125 cm³/mol. The molecule has 2 aliphatic heterocycles. The van der Waals surface area contributed by atoms with Crippen molar-refractivity contribution in [2.45, 2.75) is 58.7 Å². The van der Waals surface area contributed by atoms with Crippen LogP contribution >= 0.6 is 24.0 Å². The second-order valence-electron chi connectivity index (χ2n) is 7.72. The van der Waals surface area contributed by atoms with Crippen molar-refractivity contribution in [2.24, 2.45) is 4.99 Å². The van der Waals surface area contributed by atoms with E-state index in [9.17, 15) is 4.39 Å². The summed E-state index contributed by atoms with van der Waals surface area (Å²) in [6.07, 6.45) is 2.87. The molecule has 1 aromatic carbocycles. The third kappa shape index (κ3) is 6.96. The van der Waals surface area contributed by atoms with Gasteiger partial charge in [-0.15, -0.1) is 24.0 Å². The normalized spacial score (nSPS) is 18.0. The molecule has 0 amide bonds. The first kappa shape index (κ1) is 24.1. The van der Waals surface area contributed by atoms with Crippen LogP contribution < -0.4 is 15.4 Å². The Morgan fingerprint density at radius 1 is 1.31 bits per heavy atom. The molecule has 8 heteroatoms. The minimum Gasteiger partial charge on any atom is -0.467 e. The minimum absolute atomic E-state index is 0. The fraction of sp³-hybridized carbons (Fsp3) is 0.667. The summed E-state index contributed by atoms with van der Waals surface area (Å²) in [5.41, 5.74) is 1.62. The molecule has 0 radical (unpaired) electrons. The smallest absolute Gasteiger partial charge is 0.191 e. The molecule has 0 aromatic heterocycles. The van der Waals surface area contributed by atoms with Gasteiger partial charge < -0.3 is 25.0 Å². The summed E-state index contributed by atoms with van der Waals surface area (Å²) < 4.78 is 24.7. The second kappa shape index (κ2) is 11.9. The highest BCUT2D eigenvalue weighted by Crippen LogP contribution is 2.29. The van der Waals surface area contributed by atoms with Gasteiger partial charge in [0.2, 0.25) is 0 Å². The molecule has 3 rings (SSSR count).